The van der Waals surface area contributed by atoms with Crippen LogP contribution in [0.25, 0.3) is 0 Å². The molecule has 42 heavy (non-hydrogen) atoms. The highest BCUT2D eigenvalue weighted by Crippen LogP contribution is 2.28. The molecule has 0 rings (SSSR count). The number of hydrogen-bond donors (Lipinski definition) is 4. The van der Waals surface area contributed by atoms with Gasteiger partial charge in [0.15, 0.2) is 0 Å². The number of alkyl halides is 1. The maximum atomic E-state index is 11.8. The van der Waals surface area contributed by atoms with Crippen molar-refractivity contribution in [2.24, 2.45) is 10.8 Å². The molecule has 240 valence electrons. The van der Waals surface area contributed by atoms with E-state index in [0.29, 0.717) is 12.8 Å². The molecule has 4 amide bonds. The van der Waals surface area contributed by atoms with Gasteiger partial charge in [0.2, 0.25) is 17.7 Å². The van der Waals surface area contributed by atoms with Crippen molar-refractivity contribution >= 4 is 48.4 Å². The summed E-state index contributed by atoms with van der Waals surface area (Å²) in [7, 11) is 0. The van der Waals surface area contributed by atoms with Crippen LogP contribution in [0, 0.1) is 10.8 Å². The molecule has 0 aromatic heterocycles. The van der Waals surface area contributed by atoms with Crippen LogP contribution in [-0.2, 0) is 42.9 Å². The second kappa shape index (κ2) is 24.0. The van der Waals surface area contributed by atoms with Gasteiger partial charge in [0.1, 0.15) is 26.9 Å². The van der Waals surface area contributed by atoms with Crippen molar-refractivity contribution in [1.82, 2.24) is 21.3 Å². The van der Waals surface area contributed by atoms with Crippen LogP contribution in [0.1, 0.15) is 26.7 Å². The fraction of sp³-hybridized carbons (Fsp3) is 0.607. The van der Waals surface area contributed by atoms with E-state index in [0.717, 1.165) is 18.2 Å². The molecule has 1 unspecified atom stereocenters. The molecule has 0 spiro atoms. The summed E-state index contributed by atoms with van der Waals surface area (Å²) in [6.45, 7) is 15.4. The third-order valence-corrected chi connectivity index (χ3v) is 7.30. The Morgan fingerprint density at radius 2 is 0.857 bits per heavy atom. The van der Waals surface area contributed by atoms with E-state index < -0.39 is 10.8 Å². The van der Waals surface area contributed by atoms with Crippen molar-refractivity contribution in [2.75, 3.05) is 71.5 Å². The first-order valence-electron chi connectivity index (χ1n) is 13.3. The van der Waals surface area contributed by atoms with Crippen LogP contribution in [0.5, 0.6) is 0 Å². The van der Waals surface area contributed by atoms with Gasteiger partial charge >= 0.3 is 0 Å². The van der Waals surface area contributed by atoms with E-state index in [1.165, 1.54) is 0 Å². The molecule has 0 aromatic rings. The number of rotatable bonds is 26. The monoisotopic (exact) mass is 710 g/mol. The number of carbonyl (C=O) groups is 4. The lowest BCUT2D eigenvalue weighted by atomic mass is 9.86. The van der Waals surface area contributed by atoms with Crippen LogP contribution in [0.2, 0.25) is 0 Å². The lowest BCUT2D eigenvalue weighted by molar-refractivity contribution is -0.126. The van der Waals surface area contributed by atoms with Gasteiger partial charge in [-0.15, -0.1) is 20.7 Å². The van der Waals surface area contributed by atoms with E-state index >= 15 is 0 Å². The molecule has 0 aliphatic heterocycles. The van der Waals surface area contributed by atoms with Gasteiger partial charge in [0.05, 0.1) is 39.6 Å². The molecule has 0 saturated heterocycles. The van der Waals surface area contributed by atoms with Crippen LogP contribution < -0.4 is 21.3 Å². The Labute approximate surface area is 258 Å². The summed E-state index contributed by atoms with van der Waals surface area (Å²) < 4.78 is 30.8. The van der Waals surface area contributed by atoms with Gasteiger partial charge in [0, 0.05) is 14.8 Å². The van der Waals surface area contributed by atoms with Gasteiger partial charge in [-0.25, -0.2) is 0 Å². The average Bonchev–Trinajstić information content (AvgIpc) is 3.00. The van der Waals surface area contributed by atoms with Gasteiger partial charge in [-0.2, -0.15) is 0 Å². The Kier molecular flexibility index (Phi) is 22.6. The van der Waals surface area contributed by atoms with E-state index in [1.54, 1.807) is 4.01 Å². The summed E-state index contributed by atoms with van der Waals surface area (Å²) in [5.41, 5.74) is -1.23. The predicted molar refractivity (Wildman–Crippen MR) is 169 cm³/mol. The van der Waals surface area contributed by atoms with E-state index in [1.807, 2.05) is 18.8 Å². The molecule has 0 aromatic carbocycles. The molecule has 0 aliphatic carbocycles. The van der Waals surface area contributed by atoms with Crippen molar-refractivity contribution in [3.05, 3.63) is 38.0 Å². The molecule has 14 heteroatoms. The Balaban J connectivity index is 5.46. The quantitative estimate of drug-likeness (QED) is 0.0339. The molecular weight excluding hydrogens is 663 g/mol. The fourth-order valence-corrected chi connectivity index (χ4v) is 4.05. The smallest absolute Gasteiger partial charge is 0.251 e. The summed E-state index contributed by atoms with van der Waals surface area (Å²) in [4.78, 5) is 48.2. The normalized spacial score (nSPS) is 12.8. The maximum Gasteiger partial charge on any atom is 0.251 e. The zero-order valence-corrected chi connectivity index (χ0v) is 27.1. The van der Waals surface area contributed by atoms with Gasteiger partial charge in [0.25, 0.3) is 5.91 Å². The Morgan fingerprint density at radius 3 is 1.12 bits per heavy atom. The van der Waals surface area contributed by atoms with Gasteiger partial charge in [-0.1, -0.05) is 33.6 Å². The Morgan fingerprint density at radius 1 is 0.571 bits per heavy atom. The lowest BCUT2D eigenvalue weighted by Crippen LogP contribution is -2.43. The van der Waals surface area contributed by atoms with Crippen LogP contribution in [-0.4, -0.2) is 99.1 Å². The molecule has 0 bridgehead atoms. The molecule has 4 N–H and O–H groups in total. The minimum absolute atomic E-state index is 0.0219. The maximum absolute atomic E-state index is 11.8. The number of nitrogens with one attached hydrogen (secondary N) is 4. The molecule has 13 nitrogen and oxygen atoms in total. The summed E-state index contributed by atoms with van der Waals surface area (Å²) in [6.07, 6.45) is 4.66. The molecule has 0 fully saturated rings. The first kappa shape index (κ1) is 39.5. The van der Waals surface area contributed by atoms with Crippen LogP contribution in [0.3, 0.4) is 0 Å². The van der Waals surface area contributed by atoms with Crippen LogP contribution in [0.4, 0.5) is 0 Å². The number of carbonyl (C=O) groups excluding carboxylic acids is 4. The largest absolute Gasteiger partial charge is 0.380 e. The first-order chi connectivity index (χ1) is 20.1. The van der Waals surface area contributed by atoms with E-state index in [-0.39, 0.29) is 111 Å². The zero-order chi connectivity index (χ0) is 31.7. The minimum atomic E-state index is -0.621. The van der Waals surface area contributed by atoms with Crippen LogP contribution in [0.15, 0.2) is 38.0 Å². The van der Waals surface area contributed by atoms with Gasteiger partial charge in [-0.05, 0) is 36.0 Å². The average molecular weight is 711 g/mol. The lowest BCUT2D eigenvalue weighted by Gasteiger charge is -2.36. The number of ether oxygens (including phenoxy) is 5. The molecule has 0 radical (unpaired) electrons. The van der Waals surface area contributed by atoms with E-state index in [2.05, 4.69) is 41.0 Å². The Bertz CT molecular complexity index is 873. The van der Waals surface area contributed by atoms with Crippen molar-refractivity contribution < 1.29 is 42.9 Å². The number of hydrogen-bond acceptors (Lipinski definition) is 9. The molecular formula is C28H47IN4O9. The molecule has 0 saturated carbocycles. The van der Waals surface area contributed by atoms with Crippen molar-refractivity contribution in [3.63, 3.8) is 0 Å². The van der Waals surface area contributed by atoms with Crippen LogP contribution >= 0.6 is 20.7 Å². The molecule has 1 atom stereocenters. The predicted octanol–water partition coefficient (Wildman–Crippen LogP) is 1.12. The topological polar surface area (TPSA) is 163 Å². The number of halogens is 1. The summed E-state index contributed by atoms with van der Waals surface area (Å²) in [6, 6.07) is 0. The molecule has 0 heterocycles. The number of amides is 4. The van der Waals surface area contributed by atoms with Crippen molar-refractivity contribution in [1.29, 1.82) is 0 Å². The summed E-state index contributed by atoms with van der Waals surface area (Å²) in [5, 5.41) is 10.4. The van der Waals surface area contributed by atoms with E-state index in [4.69, 9.17) is 23.7 Å². The van der Waals surface area contributed by atoms with Gasteiger partial charge in [-0.3, -0.25) is 19.2 Å². The SMILES string of the molecule is C=CC(=O)NCOCC(CC)(COCNC(=O)C=C)COCC(CC)(COCNC(=O)C=C)COCNC(=O)C=IC. The highest BCUT2D eigenvalue weighted by atomic mass is 127. The van der Waals surface area contributed by atoms with Crippen molar-refractivity contribution in [2.45, 2.75) is 26.7 Å². The summed E-state index contributed by atoms with van der Waals surface area (Å²) in [5.74, 6) is -1.25. The van der Waals surface area contributed by atoms with Gasteiger partial charge < -0.3 is 45.0 Å². The third-order valence-electron chi connectivity index (χ3n) is 6.11. The first-order valence-corrected chi connectivity index (χ1v) is 16.7. The van der Waals surface area contributed by atoms with E-state index in [9.17, 15) is 19.2 Å². The summed E-state index contributed by atoms with van der Waals surface area (Å²) >= 11 is -0.286. The highest BCUT2D eigenvalue weighted by Gasteiger charge is 2.34. The zero-order valence-electron chi connectivity index (χ0n) is 25.0. The highest BCUT2D eigenvalue weighted by molar-refractivity contribution is 14.2. The second-order valence-corrected chi connectivity index (χ2v) is 11.1. The minimum Gasteiger partial charge on any atom is -0.380 e. The fourth-order valence-electron chi connectivity index (χ4n) is 3.26. The second-order valence-electron chi connectivity index (χ2n) is 9.27. The third kappa shape index (κ3) is 18.1. The standard InChI is InChI=1S/C28H47IN4O9/c1-7-23(34)30-19-39-15-27(10-4,16-40-20-31-24(35)8-2)13-38-14-28(11-5,17-41-21-32-25(36)9-3)18-42-22-33-26(37)12-29-6/h7-9,12H,1-3,10-11,13-22H2,4-6H3,(H,30,34)(H,31,35)(H,32,36)(H,33,37). The Hall–Kier alpha value is -2.50. The molecule has 0 aliphatic rings. The van der Waals surface area contributed by atoms with Crippen molar-refractivity contribution in [3.8, 4) is 0 Å².